The van der Waals surface area contributed by atoms with E-state index in [1.165, 1.54) is 4.57 Å². The van der Waals surface area contributed by atoms with Gasteiger partial charge in [-0.15, -0.1) is 0 Å². The molecule has 0 fully saturated rings. The Kier molecular flexibility index (Phi) is 2.95. The van der Waals surface area contributed by atoms with E-state index in [2.05, 4.69) is 0 Å². The lowest BCUT2D eigenvalue weighted by Crippen LogP contribution is -2.21. The van der Waals surface area contributed by atoms with E-state index in [4.69, 9.17) is 4.42 Å². The van der Waals surface area contributed by atoms with Gasteiger partial charge in [-0.25, -0.2) is 9.36 Å². The van der Waals surface area contributed by atoms with Gasteiger partial charge < -0.3 is 9.52 Å². The van der Waals surface area contributed by atoms with Gasteiger partial charge in [-0.2, -0.15) is 0 Å². The molecule has 3 rings (SSSR count). The first-order valence-electron chi connectivity index (χ1n) is 6.42. The molecule has 0 spiro atoms. The summed E-state index contributed by atoms with van der Waals surface area (Å²) in [4.78, 5) is 12.0. The predicted octanol–water partition coefficient (Wildman–Crippen LogP) is 2.75. The standard InChI is InChI=1S/C16H15NO3/c1-10-4-3-5-12(8-10)15(18)17-13-9-11(2)6-7-14(13)20-16(17)19/h3-9,15,18H,1-2H3. The molecular formula is C16H15NO3. The fraction of sp³-hybridized carbons (Fsp3) is 0.188. The molecule has 1 N–H and O–H groups in total. The first-order chi connectivity index (χ1) is 9.56. The molecule has 2 aromatic carbocycles. The predicted molar refractivity (Wildman–Crippen MR) is 76.7 cm³/mol. The maximum Gasteiger partial charge on any atom is 0.422 e. The Balaban J connectivity index is 2.21. The van der Waals surface area contributed by atoms with Gasteiger partial charge in [0.25, 0.3) is 0 Å². The van der Waals surface area contributed by atoms with E-state index in [0.717, 1.165) is 11.1 Å². The fourth-order valence-electron chi connectivity index (χ4n) is 2.35. The van der Waals surface area contributed by atoms with Gasteiger partial charge in [-0.1, -0.05) is 35.9 Å². The lowest BCUT2D eigenvalue weighted by atomic mass is 10.1. The van der Waals surface area contributed by atoms with Crippen molar-refractivity contribution < 1.29 is 9.52 Å². The molecule has 4 nitrogen and oxygen atoms in total. The number of nitrogens with zero attached hydrogens (tertiary/aromatic N) is 1. The number of aromatic nitrogens is 1. The van der Waals surface area contributed by atoms with Crippen LogP contribution in [0.4, 0.5) is 0 Å². The van der Waals surface area contributed by atoms with Gasteiger partial charge >= 0.3 is 5.76 Å². The normalized spacial score (nSPS) is 12.8. The van der Waals surface area contributed by atoms with E-state index < -0.39 is 12.0 Å². The molecular weight excluding hydrogens is 254 g/mol. The van der Waals surface area contributed by atoms with Crippen LogP contribution in [-0.4, -0.2) is 9.67 Å². The topological polar surface area (TPSA) is 55.4 Å². The molecule has 0 saturated carbocycles. The first-order valence-corrected chi connectivity index (χ1v) is 6.42. The quantitative estimate of drug-likeness (QED) is 0.778. The number of hydrogen-bond acceptors (Lipinski definition) is 3. The highest BCUT2D eigenvalue weighted by atomic mass is 16.4. The van der Waals surface area contributed by atoms with Gasteiger partial charge in [0, 0.05) is 5.56 Å². The van der Waals surface area contributed by atoms with Crippen LogP contribution in [0.5, 0.6) is 0 Å². The second-order valence-electron chi connectivity index (χ2n) is 5.00. The Labute approximate surface area is 115 Å². The maximum absolute atomic E-state index is 12.0. The highest BCUT2D eigenvalue weighted by Crippen LogP contribution is 2.22. The molecule has 0 amide bonds. The highest BCUT2D eigenvalue weighted by molar-refractivity contribution is 5.74. The summed E-state index contributed by atoms with van der Waals surface area (Å²) >= 11 is 0. The van der Waals surface area contributed by atoms with Gasteiger partial charge in [0.15, 0.2) is 11.8 Å². The van der Waals surface area contributed by atoms with Crippen LogP contribution in [0.15, 0.2) is 51.7 Å². The molecule has 102 valence electrons. The minimum atomic E-state index is -1.05. The van der Waals surface area contributed by atoms with Crippen molar-refractivity contribution in [3.05, 3.63) is 69.7 Å². The Morgan fingerprint density at radius 2 is 1.85 bits per heavy atom. The summed E-state index contributed by atoms with van der Waals surface area (Å²) in [7, 11) is 0. The SMILES string of the molecule is Cc1cccc(C(O)n2c(=O)oc3ccc(C)cc32)c1. The molecule has 0 saturated heterocycles. The largest absolute Gasteiger partial charge is 0.422 e. The zero-order chi connectivity index (χ0) is 14.3. The highest BCUT2D eigenvalue weighted by Gasteiger charge is 2.18. The molecule has 1 unspecified atom stereocenters. The van der Waals surface area contributed by atoms with Crippen molar-refractivity contribution in [2.24, 2.45) is 0 Å². The van der Waals surface area contributed by atoms with Crippen molar-refractivity contribution in [2.45, 2.75) is 20.1 Å². The molecule has 0 radical (unpaired) electrons. The molecule has 3 aromatic rings. The number of rotatable bonds is 2. The van der Waals surface area contributed by atoms with Crippen molar-refractivity contribution in [1.82, 2.24) is 4.57 Å². The summed E-state index contributed by atoms with van der Waals surface area (Å²) in [5.74, 6) is -0.556. The Morgan fingerprint density at radius 3 is 2.60 bits per heavy atom. The van der Waals surface area contributed by atoms with Gasteiger partial charge in [0.2, 0.25) is 0 Å². The van der Waals surface area contributed by atoms with Crippen LogP contribution >= 0.6 is 0 Å². The molecule has 1 atom stereocenters. The number of aliphatic hydroxyl groups is 1. The summed E-state index contributed by atoms with van der Waals surface area (Å²) in [6.07, 6.45) is -1.05. The van der Waals surface area contributed by atoms with Gasteiger partial charge in [0.05, 0.1) is 5.52 Å². The Bertz CT molecular complexity index is 829. The summed E-state index contributed by atoms with van der Waals surface area (Å²) < 4.78 is 6.45. The number of fused-ring (bicyclic) bond motifs is 1. The monoisotopic (exact) mass is 269 g/mol. The Morgan fingerprint density at radius 1 is 1.10 bits per heavy atom. The molecule has 1 aromatic heterocycles. The second-order valence-corrected chi connectivity index (χ2v) is 5.00. The zero-order valence-electron chi connectivity index (χ0n) is 11.3. The third-order valence-electron chi connectivity index (χ3n) is 3.35. The fourth-order valence-corrected chi connectivity index (χ4v) is 2.35. The molecule has 4 heteroatoms. The van der Waals surface area contributed by atoms with E-state index in [-0.39, 0.29) is 0 Å². The maximum atomic E-state index is 12.0. The van der Waals surface area contributed by atoms with Crippen LogP contribution in [-0.2, 0) is 0 Å². The van der Waals surface area contributed by atoms with E-state index in [1.54, 1.807) is 12.1 Å². The molecule has 0 bridgehead atoms. The van der Waals surface area contributed by atoms with E-state index in [1.807, 2.05) is 44.2 Å². The number of benzene rings is 2. The van der Waals surface area contributed by atoms with Crippen molar-refractivity contribution in [2.75, 3.05) is 0 Å². The van der Waals surface area contributed by atoms with Gasteiger partial charge in [-0.05, 0) is 31.5 Å². The second kappa shape index (κ2) is 4.65. The molecule has 1 heterocycles. The number of aryl methyl sites for hydroxylation is 2. The van der Waals surface area contributed by atoms with Crippen molar-refractivity contribution in [1.29, 1.82) is 0 Å². The summed E-state index contributed by atoms with van der Waals surface area (Å²) in [6.45, 7) is 3.87. The summed E-state index contributed by atoms with van der Waals surface area (Å²) in [6, 6.07) is 12.9. The molecule has 0 aliphatic rings. The van der Waals surface area contributed by atoms with Crippen molar-refractivity contribution in [3.8, 4) is 0 Å². The van der Waals surface area contributed by atoms with Crippen LogP contribution in [0.2, 0.25) is 0 Å². The van der Waals surface area contributed by atoms with E-state index in [9.17, 15) is 9.90 Å². The Hall–Kier alpha value is -2.33. The van der Waals surface area contributed by atoms with Crippen LogP contribution in [0.25, 0.3) is 11.1 Å². The minimum absolute atomic E-state index is 0.479. The third-order valence-corrected chi connectivity index (χ3v) is 3.35. The number of aliphatic hydroxyl groups excluding tert-OH is 1. The van der Waals surface area contributed by atoms with Crippen LogP contribution in [0.3, 0.4) is 0 Å². The lowest BCUT2D eigenvalue weighted by molar-refractivity contribution is 0.142. The van der Waals surface area contributed by atoms with Gasteiger partial charge in [0.1, 0.15) is 0 Å². The summed E-state index contributed by atoms with van der Waals surface area (Å²) in [5, 5.41) is 10.5. The first kappa shape index (κ1) is 12.7. The molecule has 0 aliphatic carbocycles. The average Bonchev–Trinajstić information content (AvgIpc) is 2.73. The summed E-state index contributed by atoms with van der Waals surface area (Å²) in [5.41, 5.74) is 3.77. The van der Waals surface area contributed by atoms with Crippen LogP contribution in [0, 0.1) is 13.8 Å². The molecule has 20 heavy (non-hydrogen) atoms. The number of oxazole rings is 1. The van der Waals surface area contributed by atoms with Crippen LogP contribution < -0.4 is 5.76 Å². The van der Waals surface area contributed by atoms with E-state index in [0.29, 0.717) is 16.7 Å². The zero-order valence-corrected chi connectivity index (χ0v) is 11.3. The average molecular weight is 269 g/mol. The van der Waals surface area contributed by atoms with E-state index >= 15 is 0 Å². The molecule has 0 aliphatic heterocycles. The van der Waals surface area contributed by atoms with Gasteiger partial charge in [-0.3, -0.25) is 0 Å². The van der Waals surface area contributed by atoms with Crippen molar-refractivity contribution in [3.63, 3.8) is 0 Å². The van der Waals surface area contributed by atoms with Crippen LogP contribution in [0.1, 0.15) is 22.9 Å². The minimum Gasteiger partial charge on any atom is -0.408 e. The third kappa shape index (κ3) is 2.04. The van der Waals surface area contributed by atoms with Crippen molar-refractivity contribution >= 4 is 11.1 Å². The lowest BCUT2D eigenvalue weighted by Gasteiger charge is -2.12. The number of hydrogen-bond donors (Lipinski definition) is 1. The smallest absolute Gasteiger partial charge is 0.408 e.